The number of ether oxygens (including phenoxy) is 1. The largest absolute Gasteiger partial charge is 0.507 e. The number of methoxy groups -OCH3 is 1. The molecule has 0 radical (unpaired) electrons. The average Bonchev–Trinajstić information content (AvgIpc) is 2.37. The number of phenolic OH excluding ortho intramolecular Hbond substituents is 1. The molecule has 18 heavy (non-hydrogen) atoms. The fraction of sp³-hybridized carbons (Fsp3) is 0.333. The van der Waals surface area contributed by atoms with Crippen molar-refractivity contribution < 1.29 is 9.84 Å². The molecule has 1 aromatic carbocycles. The van der Waals surface area contributed by atoms with Gasteiger partial charge < -0.3 is 15.2 Å². The Morgan fingerprint density at radius 1 is 1.50 bits per heavy atom. The molecule has 5 nitrogen and oxygen atoms in total. The van der Waals surface area contributed by atoms with Crippen LogP contribution in [0, 0.1) is 0 Å². The Hall–Kier alpha value is -1.66. The van der Waals surface area contributed by atoms with E-state index in [4.69, 9.17) is 17.0 Å². The first kappa shape index (κ1) is 14.4. The minimum absolute atomic E-state index is 0.182. The van der Waals surface area contributed by atoms with Crippen molar-refractivity contribution in [2.24, 2.45) is 5.10 Å². The van der Waals surface area contributed by atoms with Crippen molar-refractivity contribution >= 4 is 23.5 Å². The summed E-state index contributed by atoms with van der Waals surface area (Å²) in [4.78, 5) is 0. The third-order valence-corrected chi connectivity index (χ3v) is 2.35. The van der Waals surface area contributed by atoms with Crippen LogP contribution >= 0.6 is 12.2 Å². The number of rotatable bonds is 6. The van der Waals surface area contributed by atoms with Gasteiger partial charge in [-0.1, -0.05) is 12.1 Å². The predicted octanol–water partition coefficient (Wildman–Crippen LogP) is 1.23. The van der Waals surface area contributed by atoms with Gasteiger partial charge in [-0.05, 0) is 30.8 Å². The summed E-state index contributed by atoms with van der Waals surface area (Å²) in [6.45, 7) is 1.42. The van der Waals surface area contributed by atoms with E-state index in [2.05, 4.69) is 15.8 Å². The first-order valence-corrected chi connectivity index (χ1v) is 5.98. The number of benzene rings is 1. The Bertz CT molecular complexity index is 410. The van der Waals surface area contributed by atoms with E-state index in [0.717, 1.165) is 13.0 Å². The van der Waals surface area contributed by atoms with Crippen molar-refractivity contribution in [3.63, 3.8) is 0 Å². The summed E-state index contributed by atoms with van der Waals surface area (Å²) < 4.78 is 4.91. The lowest BCUT2D eigenvalue weighted by Crippen LogP contribution is -2.33. The lowest BCUT2D eigenvalue weighted by molar-refractivity contribution is 0.195. The molecule has 0 spiro atoms. The zero-order chi connectivity index (χ0) is 13.2. The molecule has 0 bridgehead atoms. The van der Waals surface area contributed by atoms with E-state index in [1.54, 1.807) is 25.3 Å². The maximum atomic E-state index is 9.49. The van der Waals surface area contributed by atoms with E-state index in [0.29, 0.717) is 17.3 Å². The molecule has 0 saturated heterocycles. The first-order valence-electron chi connectivity index (χ1n) is 5.58. The lowest BCUT2D eigenvalue weighted by Gasteiger charge is -2.06. The van der Waals surface area contributed by atoms with Crippen LogP contribution in [0.25, 0.3) is 0 Å². The molecule has 0 heterocycles. The van der Waals surface area contributed by atoms with Gasteiger partial charge in [0, 0.05) is 25.8 Å². The molecule has 0 aliphatic rings. The van der Waals surface area contributed by atoms with Crippen LogP contribution in [0.5, 0.6) is 5.75 Å². The monoisotopic (exact) mass is 267 g/mol. The Morgan fingerprint density at radius 3 is 3.00 bits per heavy atom. The third kappa shape index (κ3) is 5.60. The standard InChI is InChI=1S/C12H17N3O2S/c1-17-8-4-7-13-12(18)15-14-9-10-5-2-3-6-11(10)16/h2-3,5-6,9,16H,4,7-8H2,1H3,(H2,13,15,18). The fourth-order valence-corrected chi connectivity index (χ4v) is 1.37. The van der Waals surface area contributed by atoms with Crippen molar-refractivity contribution in [3.05, 3.63) is 29.8 Å². The Kier molecular flexibility index (Phi) is 6.75. The molecular formula is C12H17N3O2S. The van der Waals surface area contributed by atoms with Crippen molar-refractivity contribution in [1.82, 2.24) is 10.7 Å². The van der Waals surface area contributed by atoms with Crippen LogP contribution in [0.3, 0.4) is 0 Å². The number of aromatic hydroxyl groups is 1. The number of para-hydroxylation sites is 1. The minimum atomic E-state index is 0.182. The number of phenols is 1. The second-order valence-electron chi connectivity index (χ2n) is 3.53. The number of hydrazone groups is 1. The second-order valence-corrected chi connectivity index (χ2v) is 3.94. The molecule has 0 aliphatic heterocycles. The summed E-state index contributed by atoms with van der Waals surface area (Å²) in [7, 11) is 1.66. The molecule has 3 N–H and O–H groups in total. The topological polar surface area (TPSA) is 65.9 Å². The molecule has 0 atom stereocenters. The van der Waals surface area contributed by atoms with Crippen LogP contribution in [-0.4, -0.2) is 36.7 Å². The van der Waals surface area contributed by atoms with Gasteiger partial charge in [-0.2, -0.15) is 5.10 Å². The molecule has 0 aromatic heterocycles. The molecule has 0 amide bonds. The minimum Gasteiger partial charge on any atom is -0.507 e. The normalized spacial score (nSPS) is 10.5. The van der Waals surface area contributed by atoms with Crippen molar-refractivity contribution in [2.45, 2.75) is 6.42 Å². The van der Waals surface area contributed by atoms with E-state index in [1.165, 1.54) is 6.21 Å². The van der Waals surface area contributed by atoms with E-state index in [1.807, 2.05) is 6.07 Å². The highest BCUT2D eigenvalue weighted by molar-refractivity contribution is 7.80. The fourth-order valence-electron chi connectivity index (χ4n) is 1.22. The van der Waals surface area contributed by atoms with Gasteiger partial charge in [0.2, 0.25) is 0 Å². The lowest BCUT2D eigenvalue weighted by atomic mass is 10.2. The third-order valence-electron chi connectivity index (χ3n) is 2.12. The highest BCUT2D eigenvalue weighted by Crippen LogP contribution is 2.12. The number of nitrogens with zero attached hydrogens (tertiary/aromatic N) is 1. The second kappa shape index (κ2) is 8.43. The Labute approximate surface area is 112 Å². The molecule has 0 saturated carbocycles. The summed E-state index contributed by atoms with van der Waals surface area (Å²) in [6, 6.07) is 6.93. The van der Waals surface area contributed by atoms with E-state index in [-0.39, 0.29) is 5.75 Å². The molecular weight excluding hydrogens is 250 g/mol. The maximum Gasteiger partial charge on any atom is 0.186 e. The molecule has 0 fully saturated rings. The van der Waals surface area contributed by atoms with Gasteiger partial charge in [0.05, 0.1) is 6.21 Å². The van der Waals surface area contributed by atoms with Crippen LogP contribution in [0.1, 0.15) is 12.0 Å². The first-order chi connectivity index (χ1) is 8.74. The van der Waals surface area contributed by atoms with Crippen LogP contribution in [-0.2, 0) is 4.74 Å². The molecule has 98 valence electrons. The highest BCUT2D eigenvalue weighted by atomic mass is 32.1. The van der Waals surface area contributed by atoms with Gasteiger partial charge in [-0.25, -0.2) is 0 Å². The Morgan fingerprint density at radius 2 is 2.28 bits per heavy atom. The van der Waals surface area contributed by atoms with Gasteiger partial charge in [-0.15, -0.1) is 0 Å². The number of hydrogen-bond donors (Lipinski definition) is 3. The number of thiocarbonyl (C=S) groups is 1. The van der Waals surface area contributed by atoms with Gasteiger partial charge in [0.1, 0.15) is 5.75 Å². The molecule has 1 aromatic rings. The van der Waals surface area contributed by atoms with Gasteiger partial charge in [0.15, 0.2) is 5.11 Å². The van der Waals surface area contributed by atoms with Crippen LogP contribution in [0.15, 0.2) is 29.4 Å². The quantitative estimate of drug-likeness (QED) is 0.313. The van der Waals surface area contributed by atoms with Crippen LogP contribution in [0.4, 0.5) is 0 Å². The van der Waals surface area contributed by atoms with Crippen molar-refractivity contribution in [2.75, 3.05) is 20.3 Å². The summed E-state index contributed by atoms with van der Waals surface area (Å²) in [5.41, 5.74) is 3.30. The summed E-state index contributed by atoms with van der Waals surface area (Å²) in [5, 5.41) is 16.9. The summed E-state index contributed by atoms with van der Waals surface area (Å²) in [6.07, 6.45) is 2.39. The van der Waals surface area contributed by atoms with Crippen molar-refractivity contribution in [1.29, 1.82) is 0 Å². The van der Waals surface area contributed by atoms with E-state index < -0.39 is 0 Å². The highest BCUT2D eigenvalue weighted by Gasteiger charge is 1.95. The SMILES string of the molecule is COCCCNC(=S)NN=Cc1ccccc1O. The zero-order valence-corrected chi connectivity index (χ0v) is 11.0. The van der Waals surface area contributed by atoms with Crippen LogP contribution in [0.2, 0.25) is 0 Å². The van der Waals surface area contributed by atoms with Crippen LogP contribution < -0.4 is 10.7 Å². The molecule has 0 unspecified atom stereocenters. The average molecular weight is 267 g/mol. The summed E-state index contributed by atoms with van der Waals surface area (Å²) in [5.74, 6) is 0.182. The van der Waals surface area contributed by atoms with Crippen molar-refractivity contribution in [3.8, 4) is 5.75 Å². The number of hydrogen-bond acceptors (Lipinski definition) is 4. The molecule has 6 heteroatoms. The summed E-state index contributed by atoms with van der Waals surface area (Å²) >= 11 is 5.01. The zero-order valence-electron chi connectivity index (χ0n) is 10.2. The molecule has 1 rings (SSSR count). The predicted molar refractivity (Wildman–Crippen MR) is 75.9 cm³/mol. The van der Waals surface area contributed by atoms with Gasteiger partial charge in [0.25, 0.3) is 0 Å². The molecule has 0 aliphatic carbocycles. The Balaban J connectivity index is 2.28. The van der Waals surface area contributed by atoms with Gasteiger partial charge >= 0.3 is 0 Å². The van der Waals surface area contributed by atoms with Gasteiger partial charge in [-0.3, -0.25) is 5.43 Å². The number of nitrogens with one attached hydrogen (secondary N) is 2. The smallest absolute Gasteiger partial charge is 0.186 e. The van der Waals surface area contributed by atoms with E-state index in [9.17, 15) is 5.11 Å². The maximum absolute atomic E-state index is 9.49. The van der Waals surface area contributed by atoms with E-state index >= 15 is 0 Å².